The maximum Gasteiger partial charge on any atom is 0.387 e. The number of hydrogen-bond donors (Lipinski definition) is 1. The summed E-state index contributed by atoms with van der Waals surface area (Å²) in [6.45, 7) is -1.91. The first kappa shape index (κ1) is 14.3. The molecule has 1 saturated heterocycles. The predicted molar refractivity (Wildman–Crippen MR) is 71.2 cm³/mol. The quantitative estimate of drug-likeness (QED) is 0.930. The molecule has 3 rings (SSSR count). The highest BCUT2D eigenvalue weighted by Crippen LogP contribution is 2.39. The molecule has 1 aromatic carbocycles. The number of aliphatic hydroxyl groups is 1. The number of benzene rings is 1. The number of likely N-dealkylation sites (tertiary alicyclic amines) is 1. The first-order valence-corrected chi connectivity index (χ1v) is 7.07. The van der Waals surface area contributed by atoms with E-state index in [-0.39, 0.29) is 29.2 Å². The van der Waals surface area contributed by atoms with Gasteiger partial charge in [-0.2, -0.15) is 8.78 Å². The normalized spacial score (nSPS) is 28.0. The highest BCUT2D eigenvalue weighted by atomic mass is 19.3. The molecule has 4 nitrogen and oxygen atoms in total. The van der Waals surface area contributed by atoms with Crippen molar-refractivity contribution in [2.45, 2.75) is 25.6 Å². The van der Waals surface area contributed by atoms with Crippen molar-refractivity contribution < 1.29 is 23.4 Å². The molecule has 0 aromatic heterocycles. The van der Waals surface area contributed by atoms with Crippen LogP contribution in [0.1, 0.15) is 23.2 Å². The standard InChI is InChI=1S/C15H17F2NO3/c16-15(17)21-13-4-2-1-3-10(13)14(20)18-7-9-5-6-12(19)11(9)8-18/h1-4,9,11-12,15,19H,5-8H2. The van der Waals surface area contributed by atoms with Crippen molar-refractivity contribution in [3.8, 4) is 5.75 Å². The molecule has 114 valence electrons. The fourth-order valence-corrected chi connectivity index (χ4v) is 3.41. The zero-order chi connectivity index (χ0) is 15.0. The van der Waals surface area contributed by atoms with Crippen molar-refractivity contribution >= 4 is 5.91 Å². The number of carbonyl (C=O) groups is 1. The van der Waals surface area contributed by atoms with E-state index in [0.29, 0.717) is 19.0 Å². The summed E-state index contributed by atoms with van der Waals surface area (Å²) in [4.78, 5) is 14.1. The molecule has 1 heterocycles. The van der Waals surface area contributed by atoms with Crippen LogP contribution in [0.2, 0.25) is 0 Å². The van der Waals surface area contributed by atoms with Gasteiger partial charge in [0.2, 0.25) is 0 Å². The molecule has 3 unspecified atom stereocenters. The van der Waals surface area contributed by atoms with Crippen LogP contribution in [0.25, 0.3) is 0 Å². The Morgan fingerprint density at radius 2 is 2.05 bits per heavy atom. The largest absolute Gasteiger partial charge is 0.434 e. The van der Waals surface area contributed by atoms with Crippen LogP contribution in [0.3, 0.4) is 0 Å². The van der Waals surface area contributed by atoms with Gasteiger partial charge in [-0.05, 0) is 30.9 Å². The average Bonchev–Trinajstić information content (AvgIpc) is 3.01. The second-order valence-electron chi connectivity index (χ2n) is 5.65. The topological polar surface area (TPSA) is 49.8 Å². The van der Waals surface area contributed by atoms with Gasteiger partial charge in [-0.25, -0.2) is 0 Å². The van der Waals surface area contributed by atoms with Crippen molar-refractivity contribution in [3.63, 3.8) is 0 Å². The zero-order valence-electron chi connectivity index (χ0n) is 11.4. The summed E-state index contributed by atoms with van der Waals surface area (Å²) < 4.78 is 29.2. The maximum atomic E-state index is 12.5. The lowest BCUT2D eigenvalue weighted by Gasteiger charge is -2.20. The van der Waals surface area contributed by atoms with Gasteiger partial charge in [0, 0.05) is 19.0 Å². The van der Waals surface area contributed by atoms with E-state index < -0.39 is 6.61 Å². The average molecular weight is 297 g/mol. The van der Waals surface area contributed by atoms with Gasteiger partial charge >= 0.3 is 6.61 Å². The lowest BCUT2D eigenvalue weighted by atomic mass is 10.00. The fourth-order valence-electron chi connectivity index (χ4n) is 3.41. The number of para-hydroxylation sites is 1. The number of halogens is 2. The van der Waals surface area contributed by atoms with Gasteiger partial charge in [-0.1, -0.05) is 12.1 Å². The third kappa shape index (κ3) is 2.72. The van der Waals surface area contributed by atoms with Crippen molar-refractivity contribution in [2.75, 3.05) is 13.1 Å². The lowest BCUT2D eigenvalue weighted by molar-refractivity contribution is -0.0502. The van der Waals surface area contributed by atoms with Crippen LogP contribution in [0.5, 0.6) is 5.75 Å². The molecule has 1 saturated carbocycles. The highest BCUT2D eigenvalue weighted by molar-refractivity contribution is 5.97. The second kappa shape index (κ2) is 5.60. The number of rotatable bonds is 3. The second-order valence-corrected chi connectivity index (χ2v) is 5.65. The van der Waals surface area contributed by atoms with Crippen LogP contribution in [-0.4, -0.2) is 41.7 Å². The molecule has 2 fully saturated rings. The Hall–Kier alpha value is -1.69. The van der Waals surface area contributed by atoms with Crippen LogP contribution in [0.4, 0.5) is 8.78 Å². The summed E-state index contributed by atoms with van der Waals surface area (Å²) in [6, 6.07) is 6.03. The summed E-state index contributed by atoms with van der Waals surface area (Å²) in [5.41, 5.74) is 0.146. The molecule has 0 radical (unpaired) electrons. The van der Waals surface area contributed by atoms with Gasteiger partial charge in [0.25, 0.3) is 5.91 Å². The molecule has 1 aliphatic carbocycles. The van der Waals surface area contributed by atoms with Gasteiger partial charge in [0.15, 0.2) is 0 Å². The number of fused-ring (bicyclic) bond motifs is 1. The summed E-state index contributed by atoms with van der Waals surface area (Å²) in [6.07, 6.45) is 1.33. The number of amides is 1. The van der Waals surface area contributed by atoms with E-state index in [9.17, 15) is 18.7 Å². The minimum Gasteiger partial charge on any atom is -0.434 e. The van der Waals surface area contributed by atoms with E-state index in [2.05, 4.69) is 4.74 Å². The van der Waals surface area contributed by atoms with Gasteiger partial charge < -0.3 is 14.7 Å². The van der Waals surface area contributed by atoms with Crippen LogP contribution in [0.15, 0.2) is 24.3 Å². The summed E-state index contributed by atoms with van der Waals surface area (Å²) in [5.74, 6) is 0.00668. The van der Waals surface area contributed by atoms with Crippen molar-refractivity contribution in [1.82, 2.24) is 4.90 Å². The van der Waals surface area contributed by atoms with Crippen LogP contribution in [-0.2, 0) is 0 Å². The first-order valence-electron chi connectivity index (χ1n) is 7.07. The number of aliphatic hydroxyl groups excluding tert-OH is 1. The van der Waals surface area contributed by atoms with Crippen molar-refractivity contribution in [2.24, 2.45) is 11.8 Å². The Bertz CT molecular complexity index is 537. The Balaban J connectivity index is 1.77. The molecule has 1 aromatic rings. The minimum absolute atomic E-state index is 0.102. The van der Waals surface area contributed by atoms with E-state index in [4.69, 9.17) is 0 Å². The molecule has 1 amide bonds. The van der Waals surface area contributed by atoms with Crippen LogP contribution >= 0.6 is 0 Å². The van der Waals surface area contributed by atoms with Crippen molar-refractivity contribution in [3.05, 3.63) is 29.8 Å². The van der Waals surface area contributed by atoms with E-state index >= 15 is 0 Å². The summed E-state index contributed by atoms with van der Waals surface area (Å²) in [7, 11) is 0. The smallest absolute Gasteiger partial charge is 0.387 e. The molecule has 21 heavy (non-hydrogen) atoms. The highest BCUT2D eigenvalue weighted by Gasteiger charge is 2.43. The van der Waals surface area contributed by atoms with Crippen LogP contribution < -0.4 is 4.74 Å². The van der Waals surface area contributed by atoms with Gasteiger partial charge in [-0.15, -0.1) is 0 Å². The summed E-state index contributed by atoms with van der Waals surface area (Å²) >= 11 is 0. The number of alkyl halides is 2. The van der Waals surface area contributed by atoms with E-state index in [1.165, 1.54) is 12.1 Å². The monoisotopic (exact) mass is 297 g/mol. The molecule has 0 bridgehead atoms. The van der Waals surface area contributed by atoms with Gasteiger partial charge in [0.1, 0.15) is 5.75 Å². The van der Waals surface area contributed by atoms with Gasteiger partial charge in [0.05, 0.1) is 11.7 Å². The van der Waals surface area contributed by atoms with Gasteiger partial charge in [-0.3, -0.25) is 4.79 Å². The Morgan fingerprint density at radius 3 is 2.76 bits per heavy atom. The molecule has 1 N–H and O–H groups in total. The third-order valence-corrected chi connectivity index (χ3v) is 4.44. The zero-order valence-corrected chi connectivity index (χ0v) is 11.4. The van der Waals surface area contributed by atoms with E-state index in [1.54, 1.807) is 17.0 Å². The molecule has 2 aliphatic rings. The van der Waals surface area contributed by atoms with Crippen molar-refractivity contribution in [1.29, 1.82) is 0 Å². The number of carbonyl (C=O) groups excluding carboxylic acids is 1. The van der Waals surface area contributed by atoms with E-state index in [1.807, 2.05) is 0 Å². The number of nitrogens with zero attached hydrogens (tertiary/aromatic N) is 1. The Kier molecular flexibility index (Phi) is 3.80. The fraction of sp³-hybridized carbons (Fsp3) is 0.533. The Labute approximate surface area is 121 Å². The molecule has 0 spiro atoms. The first-order chi connectivity index (χ1) is 10.1. The minimum atomic E-state index is -2.96. The predicted octanol–water partition coefficient (Wildman–Crippen LogP) is 2.13. The number of ether oxygens (including phenoxy) is 1. The van der Waals surface area contributed by atoms with E-state index in [0.717, 1.165) is 12.8 Å². The summed E-state index contributed by atoms with van der Waals surface area (Å²) in [5, 5.41) is 9.88. The molecule has 1 aliphatic heterocycles. The molecular formula is C15H17F2NO3. The van der Waals surface area contributed by atoms with Crippen LogP contribution in [0, 0.1) is 11.8 Å². The molecular weight excluding hydrogens is 280 g/mol. The maximum absolute atomic E-state index is 12.5. The third-order valence-electron chi connectivity index (χ3n) is 4.44. The molecule has 6 heteroatoms. The lowest BCUT2D eigenvalue weighted by Crippen LogP contribution is -2.31. The SMILES string of the molecule is O=C(c1ccccc1OC(F)F)N1CC2CCC(O)C2C1. The molecule has 3 atom stereocenters. The number of hydrogen-bond acceptors (Lipinski definition) is 3. The Morgan fingerprint density at radius 1 is 1.29 bits per heavy atom.